The molecule has 4 rings (SSSR count). The van der Waals surface area contributed by atoms with Crippen LogP contribution in [0, 0.1) is 0 Å². The molecule has 0 aliphatic rings. The molecule has 0 unspecified atom stereocenters. The van der Waals surface area contributed by atoms with E-state index in [2.05, 4.69) is 6.58 Å². The molecule has 0 saturated heterocycles. The minimum absolute atomic E-state index is 0.177. The molecule has 0 fully saturated rings. The van der Waals surface area contributed by atoms with Crippen molar-refractivity contribution in [2.75, 3.05) is 0 Å². The number of para-hydroxylation sites is 2. The van der Waals surface area contributed by atoms with Crippen molar-refractivity contribution >= 4 is 21.9 Å². The Morgan fingerprint density at radius 2 is 1.16 bits per heavy atom. The van der Waals surface area contributed by atoms with Crippen molar-refractivity contribution in [1.82, 2.24) is 0 Å². The van der Waals surface area contributed by atoms with Crippen LogP contribution in [0.15, 0.2) is 103 Å². The first-order valence-corrected chi connectivity index (χ1v) is 12.9. The van der Waals surface area contributed by atoms with Crippen LogP contribution in [0.5, 0.6) is 11.5 Å². The lowest BCUT2D eigenvalue weighted by atomic mass is 9.84. The van der Waals surface area contributed by atoms with Crippen molar-refractivity contribution in [2.45, 2.75) is 54.4 Å². The zero-order valence-corrected chi connectivity index (χ0v) is 23.2. The fourth-order valence-corrected chi connectivity index (χ4v) is 3.82. The zero-order chi connectivity index (χ0) is 28.8. The van der Waals surface area contributed by atoms with Gasteiger partial charge in [-0.3, -0.25) is 0 Å². The highest BCUT2D eigenvalue weighted by molar-refractivity contribution is 5.87. The Hall–Kier alpha value is -4.32. The van der Waals surface area contributed by atoms with Crippen LogP contribution in [0.4, 0.5) is 0 Å². The predicted molar refractivity (Wildman–Crippen MR) is 157 cm³/mol. The van der Waals surface area contributed by atoms with Gasteiger partial charge in [0.2, 0.25) is 0 Å². The molecule has 2 aromatic carbocycles. The predicted octanol–water partition coefficient (Wildman–Crippen LogP) is 8.21. The van der Waals surface area contributed by atoms with Gasteiger partial charge in [0.15, 0.2) is 0 Å². The largest absolute Gasteiger partial charge is 0.507 e. The first-order valence-electron chi connectivity index (χ1n) is 12.9. The number of aromatic hydroxyl groups is 2. The Kier molecular flexibility index (Phi) is 13.1. The van der Waals surface area contributed by atoms with Crippen LogP contribution in [0.2, 0.25) is 0 Å². The van der Waals surface area contributed by atoms with E-state index in [-0.39, 0.29) is 33.8 Å². The Balaban J connectivity index is 0.00000112. The first kappa shape index (κ1) is 31.7. The summed E-state index contributed by atoms with van der Waals surface area (Å²) in [6.45, 7) is 17.4. The molecule has 4 aromatic rings. The smallest absolute Gasteiger partial charge is 0.344 e. The third-order valence-corrected chi connectivity index (χ3v) is 5.31. The quantitative estimate of drug-likeness (QED) is 0.204. The Bertz CT molecular complexity index is 1420. The minimum atomic E-state index is -1.15. The molecule has 202 valence electrons. The second kappa shape index (κ2) is 15.7. The number of fused-ring (bicyclic) bond motifs is 2. The molecule has 0 bridgehead atoms. The summed E-state index contributed by atoms with van der Waals surface area (Å²) in [6, 6.07) is 13.1. The van der Waals surface area contributed by atoms with Gasteiger partial charge < -0.3 is 19.0 Å². The number of benzene rings is 2. The van der Waals surface area contributed by atoms with Crippen molar-refractivity contribution < 1.29 is 19.0 Å². The van der Waals surface area contributed by atoms with Crippen molar-refractivity contribution in [1.29, 1.82) is 0 Å². The van der Waals surface area contributed by atoms with Crippen LogP contribution in [0.25, 0.3) is 21.9 Å². The van der Waals surface area contributed by atoms with Gasteiger partial charge in [-0.15, -0.1) is 0 Å². The fourth-order valence-electron chi connectivity index (χ4n) is 3.82. The van der Waals surface area contributed by atoms with Crippen molar-refractivity contribution in [3.63, 3.8) is 0 Å². The molecule has 0 aliphatic heterocycles. The highest BCUT2D eigenvalue weighted by atomic mass is 16.4. The molecule has 0 saturated carbocycles. The van der Waals surface area contributed by atoms with Gasteiger partial charge in [0, 0.05) is 0 Å². The highest BCUT2D eigenvalue weighted by Gasteiger charge is 2.32. The van der Waals surface area contributed by atoms with Gasteiger partial charge in [0.05, 0.1) is 27.8 Å². The molecule has 0 amide bonds. The topological polar surface area (TPSA) is 101 Å². The van der Waals surface area contributed by atoms with Gasteiger partial charge in [-0.05, 0) is 36.8 Å². The van der Waals surface area contributed by atoms with Gasteiger partial charge in [-0.2, -0.15) is 0 Å². The monoisotopic (exact) mass is 518 g/mol. The molecule has 0 aliphatic carbocycles. The lowest BCUT2D eigenvalue weighted by molar-refractivity contribution is 0.441. The zero-order valence-electron chi connectivity index (χ0n) is 23.2. The van der Waals surface area contributed by atoms with Crippen LogP contribution in [-0.2, 0) is 0 Å². The lowest BCUT2D eigenvalue weighted by Crippen LogP contribution is -2.21. The summed E-state index contributed by atoms with van der Waals surface area (Å²) in [5.41, 5.74) is -1.15. The summed E-state index contributed by atoms with van der Waals surface area (Å²) in [5.74, 6) is -1.82. The van der Waals surface area contributed by atoms with E-state index in [9.17, 15) is 19.8 Å². The number of allylic oxidation sites excluding steroid dienone is 5. The minimum Gasteiger partial charge on any atom is -0.507 e. The molecule has 2 N–H and O–H groups in total. The second-order valence-electron chi connectivity index (χ2n) is 7.11. The van der Waals surface area contributed by atoms with E-state index in [1.54, 1.807) is 73.7 Å². The number of hydrogen-bond donors (Lipinski definition) is 2. The number of rotatable bonds is 5. The van der Waals surface area contributed by atoms with E-state index < -0.39 is 17.2 Å². The van der Waals surface area contributed by atoms with E-state index in [0.29, 0.717) is 16.3 Å². The second-order valence-corrected chi connectivity index (χ2v) is 7.11. The average Bonchev–Trinajstić information content (AvgIpc) is 2.96. The Morgan fingerprint density at radius 1 is 0.763 bits per heavy atom. The van der Waals surface area contributed by atoms with E-state index in [4.69, 9.17) is 8.83 Å². The normalized spacial score (nSPS) is 10.8. The Morgan fingerprint density at radius 3 is 1.53 bits per heavy atom. The van der Waals surface area contributed by atoms with E-state index in [1.807, 2.05) is 41.5 Å². The van der Waals surface area contributed by atoms with Gasteiger partial charge in [0.1, 0.15) is 22.7 Å². The standard InChI is InChI=1S/C26H20O6.3C2H6/c1-3-5-10-15(4-2)20(21-23(27)16-11-6-8-13-18(16)31-25(21)29)22-24(28)17-12-7-9-14-19(17)32-26(22)30;3*1-2/h3-14,20,27-28H,1H2,2H3;3*1-2H3/b10-5-,15-4+;;;. The van der Waals surface area contributed by atoms with Crippen LogP contribution < -0.4 is 11.3 Å². The molecule has 2 heterocycles. The van der Waals surface area contributed by atoms with Crippen LogP contribution in [0.1, 0.15) is 65.5 Å². The van der Waals surface area contributed by atoms with E-state index in [0.717, 1.165) is 0 Å². The third kappa shape index (κ3) is 6.51. The fraction of sp³-hybridized carbons (Fsp3) is 0.250. The maximum Gasteiger partial charge on any atom is 0.344 e. The number of hydrogen-bond acceptors (Lipinski definition) is 6. The molecular weight excluding hydrogens is 480 g/mol. The van der Waals surface area contributed by atoms with Crippen LogP contribution in [-0.4, -0.2) is 10.2 Å². The summed E-state index contributed by atoms with van der Waals surface area (Å²) in [6.07, 6.45) is 6.47. The molecule has 0 spiro atoms. The van der Waals surface area contributed by atoms with Gasteiger partial charge in [0.25, 0.3) is 0 Å². The summed E-state index contributed by atoms with van der Waals surface area (Å²) in [7, 11) is 0. The molecule has 2 aromatic heterocycles. The molecule has 6 nitrogen and oxygen atoms in total. The van der Waals surface area contributed by atoms with Gasteiger partial charge in [-0.25, -0.2) is 9.59 Å². The van der Waals surface area contributed by atoms with E-state index in [1.165, 1.54) is 6.08 Å². The first-order chi connectivity index (χ1) is 18.5. The lowest BCUT2D eigenvalue weighted by Gasteiger charge is -2.20. The summed E-state index contributed by atoms with van der Waals surface area (Å²) < 4.78 is 10.9. The van der Waals surface area contributed by atoms with Crippen molar-refractivity contribution in [2.24, 2.45) is 0 Å². The van der Waals surface area contributed by atoms with E-state index >= 15 is 0 Å². The van der Waals surface area contributed by atoms with Crippen LogP contribution >= 0.6 is 0 Å². The molecule has 0 atom stereocenters. The maximum absolute atomic E-state index is 13.0. The van der Waals surface area contributed by atoms with Gasteiger partial charge in [-0.1, -0.05) is 96.7 Å². The summed E-state index contributed by atoms with van der Waals surface area (Å²) in [5, 5.41) is 22.8. The maximum atomic E-state index is 13.0. The molecule has 6 heteroatoms. The highest BCUT2D eigenvalue weighted by Crippen LogP contribution is 2.42. The molecule has 0 radical (unpaired) electrons. The third-order valence-electron chi connectivity index (χ3n) is 5.31. The molecular formula is C32H38O6. The summed E-state index contributed by atoms with van der Waals surface area (Å²) >= 11 is 0. The van der Waals surface area contributed by atoms with Crippen LogP contribution in [0.3, 0.4) is 0 Å². The van der Waals surface area contributed by atoms with Crippen molar-refractivity contribution in [3.8, 4) is 11.5 Å². The Labute approximate surface area is 223 Å². The summed E-state index contributed by atoms with van der Waals surface area (Å²) in [4.78, 5) is 26.1. The van der Waals surface area contributed by atoms with Gasteiger partial charge >= 0.3 is 11.3 Å². The average molecular weight is 519 g/mol. The molecule has 38 heavy (non-hydrogen) atoms. The SMILES string of the molecule is C=C/C=C\C(=C/C)C(c1c(O)c2ccccc2oc1=O)c1c(O)c2ccccc2oc1=O.CC.CC.CC. The van der Waals surface area contributed by atoms with Crippen molar-refractivity contribution in [3.05, 3.63) is 117 Å².